The van der Waals surface area contributed by atoms with E-state index in [1.54, 1.807) is 18.2 Å². The minimum Gasteiger partial charge on any atom is -0.494 e. The van der Waals surface area contributed by atoms with Crippen molar-refractivity contribution < 1.29 is 14.3 Å². The van der Waals surface area contributed by atoms with Crippen LogP contribution in [0.5, 0.6) is 11.5 Å². The van der Waals surface area contributed by atoms with E-state index < -0.39 is 0 Å². The SMILES string of the molecule is CCOc1ccc(OCC)c(NC(=O)c2cnc3n[nH]c(C)c3c2)c1. The number of aromatic amines is 1. The topological polar surface area (TPSA) is 89.1 Å². The quantitative estimate of drug-likeness (QED) is 0.718. The van der Waals surface area contributed by atoms with Gasteiger partial charge in [0.2, 0.25) is 0 Å². The van der Waals surface area contributed by atoms with Gasteiger partial charge in [0.05, 0.1) is 24.5 Å². The van der Waals surface area contributed by atoms with E-state index in [-0.39, 0.29) is 5.91 Å². The summed E-state index contributed by atoms with van der Waals surface area (Å²) >= 11 is 0. The summed E-state index contributed by atoms with van der Waals surface area (Å²) in [6.07, 6.45) is 1.50. The molecule has 25 heavy (non-hydrogen) atoms. The number of hydrogen-bond donors (Lipinski definition) is 2. The summed E-state index contributed by atoms with van der Waals surface area (Å²) in [7, 11) is 0. The van der Waals surface area contributed by atoms with E-state index in [9.17, 15) is 4.79 Å². The van der Waals surface area contributed by atoms with Crippen molar-refractivity contribution in [2.45, 2.75) is 20.8 Å². The molecule has 0 aliphatic heterocycles. The molecule has 0 aliphatic carbocycles. The molecule has 0 fully saturated rings. The third-order valence-electron chi connectivity index (χ3n) is 3.67. The first-order valence-electron chi connectivity index (χ1n) is 8.14. The number of pyridine rings is 1. The Labute approximate surface area is 145 Å². The summed E-state index contributed by atoms with van der Waals surface area (Å²) in [4.78, 5) is 16.8. The highest BCUT2D eigenvalue weighted by Crippen LogP contribution is 2.30. The fourth-order valence-corrected chi connectivity index (χ4v) is 2.48. The normalized spacial score (nSPS) is 10.7. The van der Waals surface area contributed by atoms with Gasteiger partial charge in [-0.05, 0) is 39.0 Å². The van der Waals surface area contributed by atoms with Gasteiger partial charge in [-0.1, -0.05) is 0 Å². The Kier molecular flexibility index (Phi) is 4.83. The van der Waals surface area contributed by atoms with Gasteiger partial charge in [-0.3, -0.25) is 9.89 Å². The fourth-order valence-electron chi connectivity index (χ4n) is 2.48. The van der Waals surface area contributed by atoms with Crippen molar-refractivity contribution in [1.29, 1.82) is 0 Å². The van der Waals surface area contributed by atoms with Crippen LogP contribution >= 0.6 is 0 Å². The van der Waals surface area contributed by atoms with Crippen LogP contribution in [-0.4, -0.2) is 34.3 Å². The maximum absolute atomic E-state index is 12.6. The average molecular weight is 340 g/mol. The summed E-state index contributed by atoms with van der Waals surface area (Å²) in [5.41, 5.74) is 2.45. The summed E-state index contributed by atoms with van der Waals surface area (Å²) < 4.78 is 11.1. The van der Waals surface area contributed by atoms with Crippen LogP contribution < -0.4 is 14.8 Å². The van der Waals surface area contributed by atoms with Crippen molar-refractivity contribution >= 4 is 22.6 Å². The average Bonchev–Trinajstić information content (AvgIpc) is 2.98. The fraction of sp³-hybridized carbons (Fsp3) is 0.278. The van der Waals surface area contributed by atoms with Crippen LogP contribution in [0.3, 0.4) is 0 Å². The lowest BCUT2D eigenvalue weighted by Crippen LogP contribution is -2.13. The van der Waals surface area contributed by atoms with Gasteiger partial charge in [0.15, 0.2) is 5.65 Å². The van der Waals surface area contributed by atoms with Crippen molar-refractivity contribution in [1.82, 2.24) is 15.2 Å². The van der Waals surface area contributed by atoms with Gasteiger partial charge in [0.1, 0.15) is 11.5 Å². The van der Waals surface area contributed by atoms with Crippen LogP contribution in [0, 0.1) is 6.92 Å². The van der Waals surface area contributed by atoms with E-state index in [1.165, 1.54) is 6.20 Å². The van der Waals surface area contributed by atoms with Crippen molar-refractivity contribution in [3.8, 4) is 11.5 Å². The molecule has 0 saturated carbocycles. The summed E-state index contributed by atoms with van der Waals surface area (Å²) in [5, 5.41) is 10.6. The number of nitrogens with one attached hydrogen (secondary N) is 2. The van der Waals surface area contributed by atoms with Crippen LogP contribution in [0.15, 0.2) is 30.5 Å². The summed E-state index contributed by atoms with van der Waals surface area (Å²) in [5.74, 6) is 0.984. The lowest BCUT2D eigenvalue weighted by Gasteiger charge is -2.13. The summed E-state index contributed by atoms with van der Waals surface area (Å²) in [6.45, 7) is 6.72. The number of ether oxygens (including phenoxy) is 2. The van der Waals surface area contributed by atoms with Crippen LogP contribution in [-0.2, 0) is 0 Å². The van der Waals surface area contributed by atoms with E-state index in [2.05, 4.69) is 20.5 Å². The first-order valence-corrected chi connectivity index (χ1v) is 8.14. The smallest absolute Gasteiger partial charge is 0.257 e. The van der Waals surface area contributed by atoms with Crippen molar-refractivity contribution in [2.75, 3.05) is 18.5 Å². The summed E-state index contributed by atoms with van der Waals surface area (Å²) in [6, 6.07) is 7.11. The third kappa shape index (κ3) is 3.55. The number of carbonyl (C=O) groups excluding carboxylic acids is 1. The number of nitrogens with zero attached hydrogens (tertiary/aromatic N) is 2. The molecule has 2 N–H and O–H groups in total. The molecule has 3 aromatic rings. The highest BCUT2D eigenvalue weighted by atomic mass is 16.5. The number of fused-ring (bicyclic) bond motifs is 1. The minimum absolute atomic E-state index is 0.274. The molecule has 2 heterocycles. The Bertz CT molecular complexity index is 904. The van der Waals surface area contributed by atoms with Gasteiger partial charge in [0, 0.05) is 23.3 Å². The molecule has 3 rings (SSSR count). The van der Waals surface area contributed by atoms with Gasteiger partial charge in [-0.15, -0.1) is 0 Å². The molecule has 0 unspecified atom stereocenters. The van der Waals surface area contributed by atoms with Crippen molar-refractivity contribution in [2.24, 2.45) is 0 Å². The molecule has 130 valence electrons. The molecule has 7 heteroatoms. The highest BCUT2D eigenvalue weighted by molar-refractivity contribution is 6.06. The zero-order chi connectivity index (χ0) is 17.8. The number of rotatable bonds is 6. The van der Waals surface area contributed by atoms with Crippen LogP contribution in [0.2, 0.25) is 0 Å². The molecule has 0 spiro atoms. The molecule has 0 radical (unpaired) electrons. The van der Waals surface area contributed by atoms with Gasteiger partial charge in [-0.2, -0.15) is 5.10 Å². The first-order chi connectivity index (χ1) is 12.1. The standard InChI is InChI=1S/C18H20N4O3/c1-4-24-13-6-7-16(25-5-2)15(9-13)20-18(23)12-8-14-11(3)21-22-17(14)19-10-12/h6-10H,4-5H2,1-3H3,(H,20,23)(H,19,21,22). The lowest BCUT2D eigenvalue weighted by molar-refractivity contribution is 0.102. The van der Waals surface area contributed by atoms with Gasteiger partial charge >= 0.3 is 0 Å². The van der Waals surface area contributed by atoms with E-state index in [0.717, 1.165) is 11.1 Å². The number of aryl methyl sites for hydroxylation is 1. The molecule has 0 atom stereocenters. The zero-order valence-electron chi connectivity index (χ0n) is 14.4. The number of amides is 1. The highest BCUT2D eigenvalue weighted by Gasteiger charge is 2.14. The number of anilines is 1. The molecular weight excluding hydrogens is 320 g/mol. The maximum atomic E-state index is 12.6. The zero-order valence-corrected chi connectivity index (χ0v) is 14.4. The molecule has 1 amide bonds. The Hall–Kier alpha value is -3.09. The minimum atomic E-state index is -0.274. The monoisotopic (exact) mass is 340 g/mol. The van der Waals surface area contributed by atoms with Gasteiger partial charge in [0.25, 0.3) is 5.91 Å². The Morgan fingerprint density at radius 2 is 2.00 bits per heavy atom. The molecule has 0 saturated heterocycles. The molecular formula is C18H20N4O3. The molecule has 2 aromatic heterocycles. The first kappa shape index (κ1) is 16.8. The van der Waals surface area contributed by atoms with Crippen LogP contribution in [0.4, 0.5) is 5.69 Å². The second-order valence-corrected chi connectivity index (χ2v) is 5.42. The number of hydrogen-bond acceptors (Lipinski definition) is 5. The molecule has 1 aromatic carbocycles. The molecule has 0 bridgehead atoms. The van der Waals surface area contributed by atoms with E-state index in [0.29, 0.717) is 41.6 Å². The van der Waals surface area contributed by atoms with Crippen LogP contribution in [0.1, 0.15) is 29.9 Å². The Morgan fingerprint density at radius 3 is 2.76 bits per heavy atom. The number of carbonyl (C=O) groups is 1. The van der Waals surface area contributed by atoms with E-state index in [4.69, 9.17) is 9.47 Å². The Morgan fingerprint density at radius 1 is 1.20 bits per heavy atom. The lowest BCUT2D eigenvalue weighted by atomic mass is 10.2. The molecule has 0 aliphatic rings. The number of benzene rings is 1. The van der Waals surface area contributed by atoms with E-state index in [1.807, 2.05) is 26.8 Å². The molecule has 7 nitrogen and oxygen atoms in total. The van der Waals surface area contributed by atoms with Gasteiger partial charge < -0.3 is 14.8 Å². The Balaban J connectivity index is 1.89. The van der Waals surface area contributed by atoms with E-state index >= 15 is 0 Å². The number of aromatic nitrogens is 3. The second-order valence-electron chi connectivity index (χ2n) is 5.42. The van der Waals surface area contributed by atoms with Crippen molar-refractivity contribution in [3.05, 3.63) is 41.7 Å². The largest absolute Gasteiger partial charge is 0.494 e. The predicted molar refractivity (Wildman–Crippen MR) is 95.4 cm³/mol. The maximum Gasteiger partial charge on any atom is 0.257 e. The number of H-pyrrole nitrogens is 1. The predicted octanol–water partition coefficient (Wildman–Crippen LogP) is 3.32. The van der Waals surface area contributed by atoms with Crippen molar-refractivity contribution in [3.63, 3.8) is 0 Å². The third-order valence-corrected chi connectivity index (χ3v) is 3.67. The van der Waals surface area contributed by atoms with Crippen LogP contribution in [0.25, 0.3) is 11.0 Å². The van der Waals surface area contributed by atoms with Gasteiger partial charge in [-0.25, -0.2) is 4.98 Å². The second kappa shape index (κ2) is 7.21.